The summed E-state index contributed by atoms with van der Waals surface area (Å²) >= 11 is 0. The van der Waals surface area contributed by atoms with Gasteiger partial charge in [-0.15, -0.1) is 0 Å². The van der Waals surface area contributed by atoms with Gasteiger partial charge in [0.05, 0.1) is 6.54 Å². The largest absolute Gasteiger partial charge is 0.465 e. The van der Waals surface area contributed by atoms with E-state index in [0.717, 1.165) is 37.6 Å². The van der Waals surface area contributed by atoms with Crippen LogP contribution in [0.4, 0.5) is 0 Å². The Hall–Kier alpha value is -0.800. The molecule has 3 heteroatoms. The highest BCUT2D eigenvalue weighted by molar-refractivity contribution is 5.05. The minimum Gasteiger partial charge on any atom is -0.465 e. The van der Waals surface area contributed by atoms with Crippen LogP contribution in [-0.2, 0) is 6.54 Å². The van der Waals surface area contributed by atoms with E-state index in [1.165, 1.54) is 6.42 Å². The molecule has 0 spiro atoms. The maximum atomic E-state index is 5.46. The SMILES string of the molecule is Cc1ccc(CNCC(C)CCCN)o1. The first-order valence-electron chi connectivity index (χ1n) is 5.68. The summed E-state index contributed by atoms with van der Waals surface area (Å²) in [6.07, 6.45) is 2.31. The van der Waals surface area contributed by atoms with Crippen LogP contribution in [0.2, 0.25) is 0 Å². The van der Waals surface area contributed by atoms with Crippen LogP contribution in [0.5, 0.6) is 0 Å². The molecular weight excluding hydrogens is 188 g/mol. The highest BCUT2D eigenvalue weighted by Gasteiger charge is 2.02. The first-order chi connectivity index (χ1) is 7.22. The van der Waals surface area contributed by atoms with Gasteiger partial charge in [-0.3, -0.25) is 0 Å². The van der Waals surface area contributed by atoms with Crippen LogP contribution in [0, 0.1) is 12.8 Å². The molecule has 0 aromatic carbocycles. The van der Waals surface area contributed by atoms with Gasteiger partial charge in [-0.2, -0.15) is 0 Å². The average molecular weight is 210 g/mol. The summed E-state index contributed by atoms with van der Waals surface area (Å²) in [6.45, 7) is 6.85. The van der Waals surface area contributed by atoms with Crippen molar-refractivity contribution < 1.29 is 4.42 Å². The molecule has 0 saturated heterocycles. The van der Waals surface area contributed by atoms with Crippen molar-refractivity contribution in [3.8, 4) is 0 Å². The maximum absolute atomic E-state index is 5.46. The van der Waals surface area contributed by atoms with Gasteiger partial charge in [0.2, 0.25) is 0 Å². The van der Waals surface area contributed by atoms with E-state index in [-0.39, 0.29) is 0 Å². The molecule has 0 aliphatic heterocycles. The molecule has 1 rings (SSSR count). The van der Waals surface area contributed by atoms with Crippen molar-refractivity contribution in [2.24, 2.45) is 11.7 Å². The van der Waals surface area contributed by atoms with E-state index in [1.54, 1.807) is 0 Å². The Kier molecular flexibility index (Phi) is 5.43. The number of hydrogen-bond acceptors (Lipinski definition) is 3. The molecule has 0 bridgehead atoms. The zero-order chi connectivity index (χ0) is 11.1. The lowest BCUT2D eigenvalue weighted by Gasteiger charge is -2.10. The van der Waals surface area contributed by atoms with Gasteiger partial charge in [-0.05, 0) is 50.9 Å². The number of rotatable bonds is 7. The normalized spacial score (nSPS) is 13.0. The average Bonchev–Trinajstić information content (AvgIpc) is 2.61. The molecule has 3 N–H and O–H groups in total. The predicted molar refractivity (Wildman–Crippen MR) is 62.6 cm³/mol. The van der Waals surface area contributed by atoms with E-state index in [1.807, 2.05) is 19.1 Å². The second-order valence-electron chi connectivity index (χ2n) is 4.18. The van der Waals surface area contributed by atoms with E-state index in [0.29, 0.717) is 5.92 Å². The summed E-state index contributed by atoms with van der Waals surface area (Å²) < 4.78 is 5.46. The van der Waals surface area contributed by atoms with Gasteiger partial charge in [0.1, 0.15) is 11.5 Å². The Balaban J connectivity index is 2.10. The Morgan fingerprint density at radius 1 is 1.47 bits per heavy atom. The molecule has 0 amide bonds. The fourth-order valence-electron chi connectivity index (χ4n) is 1.59. The van der Waals surface area contributed by atoms with E-state index in [9.17, 15) is 0 Å². The molecule has 3 nitrogen and oxygen atoms in total. The molecule has 86 valence electrons. The van der Waals surface area contributed by atoms with E-state index >= 15 is 0 Å². The van der Waals surface area contributed by atoms with Gasteiger partial charge in [-0.1, -0.05) is 6.92 Å². The van der Waals surface area contributed by atoms with Crippen molar-refractivity contribution in [3.05, 3.63) is 23.7 Å². The summed E-state index contributed by atoms with van der Waals surface area (Å²) in [5.74, 6) is 2.67. The van der Waals surface area contributed by atoms with Gasteiger partial charge in [0.15, 0.2) is 0 Å². The van der Waals surface area contributed by atoms with Crippen LogP contribution in [0.25, 0.3) is 0 Å². The van der Waals surface area contributed by atoms with Crippen molar-refractivity contribution >= 4 is 0 Å². The Bertz CT molecular complexity index is 270. The van der Waals surface area contributed by atoms with Crippen molar-refractivity contribution in [3.63, 3.8) is 0 Å². The third-order valence-electron chi connectivity index (χ3n) is 2.49. The maximum Gasteiger partial charge on any atom is 0.117 e. The topological polar surface area (TPSA) is 51.2 Å². The summed E-state index contributed by atoms with van der Waals surface area (Å²) in [5, 5.41) is 3.39. The fraction of sp³-hybridized carbons (Fsp3) is 0.667. The number of furan rings is 1. The molecule has 1 atom stereocenters. The standard InChI is InChI=1S/C12H22N2O/c1-10(4-3-7-13)8-14-9-12-6-5-11(2)15-12/h5-6,10,14H,3-4,7-9,13H2,1-2H3. The molecule has 1 aromatic rings. The zero-order valence-corrected chi connectivity index (χ0v) is 9.75. The smallest absolute Gasteiger partial charge is 0.117 e. The monoisotopic (exact) mass is 210 g/mol. The van der Waals surface area contributed by atoms with Crippen molar-refractivity contribution in [2.75, 3.05) is 13.1 Å². The number of nitrogens with two attached hydrogens (primary N) is 1. The lowest BCUT2D eigenvalue weighted by Crippen LogP contribution is -2.21. The molecular formula is C12H22N2O. The van der Waals surface area contributed by atoms with Crippen LogP contribution in [0.15, 0.2) is 16.5 Å². The molecule has 1 aromatic heterocycles. The molecule has 0 radical (unpaired) electrons. The molecule has 0 aliphatic rings. The fourth-order valence-corrected chi connectivity index (χ4v) is 1.59. The first-order valence-corrected chi connectivity index (χ1v) is 5.68. The summed E-state index contributed by atoms with van der Waals surface area (Å²) in [4.78, 5) is 0. The van der Waals surface area contributed by atoms with Crippen molar-refractivity contribution in [1.29, 1.82) is 0 Å². The second-order valence-corrected chi connectivity index (χ2v) is 4.18. The lowest BCUT2D eigenvalue weighted by atomic mass is 10.1. The Morgan fingerprint density at radius 3 is 2.87 bits per heavy atom. The van der Waals surface area contributed by atoms with Gasteiger partial charge in [-0.25, -0.2) is 0 Å². The number of nitrogens with one attached hydrogen (secondary N) is 1. The van der Waals surface area contributed by atoms with Gasteiger partial charge < -0.3 is 15.5 Å². The van der Waals surface area contributed by atoms with Gasteiger partial charge >= 0.3 is 0 Å². The van der Waals surface area contributed by atoms with E-state index in [2.05, 4.69) is 12.2 Å². The lowest BCUT2D eigenvalue weighted by molar-refractivity contribution is 0.427. The van der Waals surface area contributed by atoms with E-state index < -0.39 is 0 Å². The van der Waals surface area contributed by atoms with Crippen molar-refractivity contribution in [1.82, 2.24) is 5.32 Å². The minimum absolute atomic E-state index is 0.685. The molecule has 15 heavy (non-hydrogen) atoms. The second kappa shape index (κ2) is 6.64. The van der Waals surface area contributed by atoms with Crippen LogP contribution >= 0.6 is 0 Å². The highest BCUT2D eigenvalue weighted by atomic mass is 16.3. The first kappa shape index (κ1) is 12.3. The van der Waals surface area contributed by atoms with Crippen LogP contribution in [0.3, 0.4) is 0 Å². The molecule has 0 aliphatic carbocycles. The third-order valence-corrected chi connectivity index (χ3v) is 2.49. The predicted octanol–water partition coefficient (Wildman–Crippen LogP) is 2.05. The molecule has 0 saturated carbocycles. The summed E-state index contributed by atoms with van der Waals surface area (Å²) in [7, 11) is 0. The summed E-state index contributed by atoms with van der Waals surface area (Å²) in [6, 6.07) is 4.02. The van der Waals surface area contributed by atoms with Crippen LogP contribution in [0.1, 0.15) is 31.3 Å². The molecule has 0 fully saturated rings. The van der Waals surface area contributed by atoms with Crippen LogP contribution < -0.4 is 11.1 Å². The summed E-state index contributed by atoms with van der Waals surface area (Å²) in [5.41, 5.74) is 5.46. The molecule has 1 unspecified atom stereocenters. The van der Waals surface area contributed by atoms with Crippen LogP contribution in [-0.4, -0.2) is 13.1 Å². The highest BCUT2D eigenvalue weighted by Crippen LogP contribution is 2.07. The number of hydrogen-bond donors (Lipinski definition) is 2. The quantitative estimate of drug-likeness (QED) is 0.724. The van der Waals surface area contributed by atoms with E-state index in [4.69, 9.17) is 10.2 Å². The van der Waals surface area contributed by atoms with Gasteiger partial charge in [0.25, 0.3) is 0 Å². The Labute approximate surface area is 92.0 Å². The molecule has 1 heterocycles. The number of aryl methyl sites for hydroxylation is 1. The Morgan fingerprint density at radius 2 is 2.27 bits per heavy atom. The third kappa shape index (κ3) is 5.00. The van der Waals surface area contributed by atoms with Crippen molar-refractivity contribution in [2.45, 2.75) is 33.2 Å². The van der Waals surface area contributed by atoms with Gasteiger partial charge in [0, 0.05) is 0 Å². The zero-order valence-electron chi connectivity index (χ0n) is 9.75. The minimum atomic E-state index is 0.685.